The van der Waals surface area contributed by atoms with Gasteiger partial charge in [0, 0.05) is 24.5 Å². The van der Waals surface area contributed by atoms with E-state index in [1.807, 2.05) is 0 Å². The summed E-state index contributed by atoms with van der Waals surface area (Å²) in [6.07, 6.45) is 8.62. The van der Waals surface area contributed by atoms with Crippen molar-refractivity contribution in [2.75, 3.05) is 13.1 Å². The second-order valence-electron chi connectivity index (χ2n) is 6.11. The van der Waals surface area contributed by atoms with Gasteiger partial charge < -0.3 is 11.1 Å². The molecule has 2 saturated carbocycles. The van der Waals surface area contributed by atoms with Gasteiger partial charge in [-0.2, -0.15) is 0 Å². The van der Waals surface area contributed by atoms with E-state index >= 15 is 0 Å². The van der Waals surface area contributed by atoms with Crippen molar-refractivity contribution in [2.45, 2.75) is 25.7 Å². The SMILES string of the molecule is NCC#Cc1cncc(C(=O)NCC2CC3CCC2C3)c1. The number of pyridine rings is 1. The Kier molecular flexibility index (Phi) is 4.21. The molecule has 2 fully saturated rings. The van der Waals surface area contributed by atoms with Gasteiger partial charge in [0.1, 0.15) is 0 Å². The van der Waals surface area contributed by atoms with Crippen molar-refractivity contribution in [3.8, 4) is 11.8 Å². The molecule has 21 heavy (non-hydrogen) atoms. The molecule has 2 bridgehead atoms. The highest BCUT2D eigenvalue weighted by Gasteiger charge is 2.39. The third-order valence-electron chi connectivity index (χ3n) is 4.74. The maximum Gasteiger partial charge on any atom is 0.252 e. The maximum absolute atomic E-state index is 12.2. The molecule has 2 aliphatic rings. The predicted molar refractivity (Wildman–Crippen MR) is 81.4 cm³/mol. The number of hydrogen-bond acceptors (Lipinski definition) is 3. The van der Waals surface area contributed by atoms with Gasteiger partial charge in [-0.1, -0.05) is 18.3 Å². The van der Waals surface area contributed by atoms with Gasteiger partial charge in [-0.3, -0.25) is 9.78 Å². The summed E-state index contributed by atoms with van der Waals surface area (Å²) in [5.41, 5.74) is 6.65. The summed E-state index contributed by atoms with van der Waals surface area (Å²) in [7, 11) is 0. The molecule has 4 nitrogen and oxygen atoms in total. The number of nitrogens with one attached hydrogen (secondary N) is 1. The van der Waals surface area contributed by atoms with Crippen LogP contribution in [-0.2, 0) is 0 Å². The monoisotopic (exact) mass is 283 g/mol. The quantitative estimate of drug-likeness (QED) is 0.827. The minimum Gasteiger partial charge on any atom is -0.352 e. The summed E-state index contributed by atoms with van der Waals surface area (Å²) in [6, 6.07) is 1.77. The molecule has 1 aromatic heterocycles. The van der Waals surface area contributed by atoms with Crippen LogP contribution < -0.4 is 11.1 Å². The fourth-order valence-corrected chi connectivity index (χ4v) is 3.74. The summed E-state index contributed by atoms with van der Waals surface area (Å²) in [5, 5.41) is 3.06. The van der Waals surface area contributed by atoms with Crippen molar-refractivity contribution >= 4 is 5.91 Å². The number of amides is 1. The Labute approximate surface area is 125 Å². The van der Waals surface area contributed by atoms with Crippen molar-refractivity contribution in [3.05, 3.63) is 29.6 Å². The molecule has 3 unspecified atom stereocenters. The third kappa shape index (κ3) is 3.25. The first kappa shape index (κ1) is 14.1. The molecule has 3 atom stereocenters. The molecule has 0 radical (unpaired) electrons. The van der Waals surface area contributed by atoms with Crippen LogP contribution in [0, 0.1) is 29.6 Å². The van der Waals surface area contributed by atoms with Gasteiger partial charge in [-0.25, -0.2) is 0 Å². The molecule has 1 aromatic rings. The van der Waals surface area contributed by atoms with E-state index in [4.69, 9.17) is 5.73 Å². The van der Waals surface area contributed by atoms with Crippen LogP contribution in [0.15, 0.2) is 18.5 Å². The van der Waals surface area contributed by atoms with E-state index in [1.54, 1.807) is 18.5 Å². The summed E-state index contributed by atoms with van der Waals surface area (Å²) >= 11 is 0. The van der Waals surface area contributed by atoms with E-state index in [1.165, 1.54) is 25.7 Å². The summed E-state index contributed by atoms with van der Waals surface area (Å²) in [5.74, 6) is 8.03. The van der Waals surface area contributed by atoms with Crippen LogP contribution in [0.1, 0.15) is 41.6 Å². The van der Waals surface area contributed by atoms with Gasteiger partial charge in [0.05, 0.1) is 12.1 Å². The van der Waals surface area contributed by atoms with E-state index < -0.39 is 0 Å². The zero-order valence-electron chi connectivity index (χ0n) is 12.1. The second kappa shape index (κ2) is 6.28. The molecule has 1 amide bonds. The van der Waals surface area contributed by atoms with Crippen LogP contribution in [0.5, 0.6) is 0 Å². The van der Waals surface area contributed by atoms with Crippen LogP contribution in [0.4, 0.5) is 0 Å². The smallest absolute Gasteiger partial charge is 0.252 e. The number of carbonyl (C=O) groups is 1. The van der Waals surface area contributed by atoms with E-state index in [0.29, 0.717) is 18.0 Å². The molecule has 3 N–H and O–H groups in total. The van der Waals surface area contributed by atoms with Crippen molar-refractivity contribution in [3.63, 3.8) is 0 Å². The Morgan fingerprint density at radius 2 is 2.29 bits per heavy atom. The van der Waals surface area contributed by atoms with Crippen LogP contribution in [0.25, 0.3) is 0 Å². The minimum absolute atomic E-state index is 0.0540. The van der Waals surface area contributed by atoms with Gasteiger partial charge in [0.25, 0.3) is 5.91 Å². The number of nitrogens with two attached hydrogens (primary N) is 1. The van der Waals surface area contributed by atoms with Gasteiger partial charge in [0.15, 0.2) is 0 Å². The molecular formula is C17H21N3O. The average Bonchev–Trinajstić information content (AvgIpc) is 3.13. The fourth-order valence-electron chi connectivity index (χ4n) is 3.74. The average molecular weight is 283 g/mol. The lowest BCUT2D eigenvalue weighted by Crippen LogP contribution is -2.31. The molecule has 4 heteroatoms. The highest BCUT2D eigenvalue weighted by molar-refractivity contribution is 5.94. The molecule has 0 saturated heterocycles. The van der Waals surface area contributed by atoms with Crippen molar-refractivity contribution in [2.24, 2.45) is 23.5 Å². The Bertz CT molecular complexity index is 587. The van der Waals surface area contributed by atoms with Crippen molar-refractivity contribution < 1.29 is 4.79 Å². The number of hydrogen-bond donors (Lipinski definition) is 2. The first-order valence-corrected chi connectivity index (χ1v) is 7.68. The van der Waals surface area contributed by atoms with Crippen LogP contribution in [-0.4, -0.2) is 24.0 Å². The molecule has 0 aliphatic heterocycles. The Balaban J connectivity index is 1.58. The van der Waals surface area contributed by atoms with Gasteiger partial charge in [-0.05, 0) is 43.1 Å². The summed E-state index contributed by atoms with van der Waals surface area (Å²) in [4.78, 5) is 16.3. The second-order valence-corrected chi connectivity index (χ2v) is 6.11. The number of aromatic nitrogens is 1. The van der Waals surface area contributed by atoms with Crippen molar-refractivity contribution in [1.29, 1.82) is 0 Å². The van der Waals surface area contributed by atoms with E-state index in [2.05, 4.69) is 22.1 Å². The summed E-state index contributed by atoms with van der Waals surface area (Å²) in [6.45, 7) is 1.10. The van der Waals surface area contributed by atoms with E-state index in [0.717, 1.165) is 23.9 Å². The lowest BCUT2D eigenvalue weighted by Gasteiger charge is -2.21. The largest absolute Gasteiger partial charge is 0.352 e. The highest BCUT2D eigenvalue weighted by atomic mass is 16.1. The molecule has 3 rings (SSSR count). The highest BCUT2D eigenvalue weighted by Crippen LogP contribution is 2.47. The van der Waals surface area contributed by atoms with Crippen LogP contribution in [0.3, 0.4) is 0 Å². The first-order chi connectivity index (χ1) is 10.3. The maximum atomic E-state index is 12.2. The molecule has 2 aliphatic carbocycles. The number of carbonyl (C=O) groups excluding carboxylic acids is 1. The van der Waals surface area contributed by atoms with E-state index in [-0.39, 0.29) is 5.91 Å². The van der Waals surface area contributed by atoms with Crippen LogP contribution in [0.2, 0.25) is 0 Å². The van der Waals surface area contributed by atoms with Crippen molar-refractivity contribution in [1.82, 2.24) is 10.3 Å². The molecule has 0 aromatic carbocycles. The molecule has 0 spiro atoms. The zero-order chi connectivity index (χ0) is 14.7. The number of rotatable bonds is 3. The van der Waals surface area contributed by atoms with Gasteiger partial charge in [-0.15, -0.1) is 0 Å². The normalized spacial score (nSPS) is 26.2. The van der Waals surface area contributed by atoms with E-state index in [9.17, 15) is 4.79 Å². The van der Waals surface area contributed by atoms with Gasteiger partial charge >= 0.3 is 0 Å². The Hall–Kier alpha value is -1.86. The topological polar surface area (TPSA) is 68.0 Å². The van der Waals surface area contributed by atoms with Crippen LogP contribution >= 0.6 is 0 Å². The molecular weight excluding hydrogens is 262 g/mol. The Morgan fingerprint density at radius 1 is 1.38 bits per heavy atom. The third-order valence-corrected chi connectivity index (χ3v) is 4.74. The minimum atomic E-state index is -0.0540. The standard InChI is InChI=1S/C17H21N3O/c18-5-1-2-13-8-16(10-19-9-13)17(21)20-11-15-7-12-3-4-14(15)6-12/h8-10,12,14-15H,3-7,11,18H2,(H,20,21). The zero-order valence-corrected chi connectivity index (χ0v) is 12.1. The molecule has 1 heterocycles. The lowest BCUT2D eigenvalue weighted by atomic mass is 9.89. The van der Waals surface area contributed by atoms with Gasteiger partial charge in [0.2, 0.25) is 0 Å². The number of nitrogens with zero attached hydrogens (tertiary/aromatic N) is 1. The number of fused-ring (bicyclic) bond motifs is 2. The Morgan fingerprint density at radius 3 is 3.00 bits per heavy atom. The first-order valence-electron chi connectivity index (χ1n) is 7.68. The summed E-state index contributed by atoms with van der Waals surface area (Å²) < 4.78 is 0. The fraction of sp³-hybridized carbons (Fsp3) is 0.529. The predicted octanol–water partition coefficient (Wildman–Crippen LogP) is 1.56. The lowest BCUT2D eigenvalue weighted by molar-refractivity contribution is 0.0941. The molecule has 110 valence electrons.